The quantitative estimate of drug-likeness (QED) is 0.579. The zero-order valence-electron chi connectivity index (χ0n) is 18.6. The minimum absolute atomic E-state index is 0.135. The summed E-state index contributed by atoms with van der Waals surface area (Å²) in [6, 6.07) is 4.51. The number of carbonyl (C=O) groups is 1. The highest BCUT2D eigenvalue weighted by Gasteiger charge is 2.23. The number of nitrogens with zero attached hydrogens (tertiary/aromatic N) is 4. The van der Waals surface area contributed by atoms with Gasteiger partial charge in [0.1, 0.15) is 5.82 Å². The van der Waals surface area contributed by atoms with Gasteiger partial charge >= 0.3 is 0 Å². The molecule has 0 atom stereocenters. The lowest BCUT2D eigenvalue weighted by Gasteiger charge is -2.30. The fourth-order valence-corrected chi connectivity index (χ4v) is 3.96. The van der Waals surface area contributed by atoms with Crippen LogP contribution in [0.25, 0.3) is 0 Å². The zero-order valence-corrected chi connectivity index (χ0v) is 18.6. The molecule has 0 spiro atoms. The smallest absolute Gasteiger partial charge is 0.232 e. The standard InChI is InChI=1S/C23H34N4O/c1-9-20(10-2)27(14-28)22-18(7)19(8)24-23(25-22)26(11-3)21-16(5)12-15(4)13-17(21)6/h12-14,20H,9-11H2,1-8H3. The summed E-state index contributed by atoms with van der Waals surface area (Å²) < 4.78 is 0. The number of rotatable bonds is 8. The maximum atomic E-state index is 11.9. The van der Waals surface area contributed by atoms with E-state index in [0.29, 0.717) is 11.8 Å². The molecule has 152 valence electrons. The van der Waals surface area contributed by atoms with Gasteiger partial charge in [-0.25, -0.2) is 4.98 Å². The fourth-order valence-electron chi connectivity index (χ4n) is 3.96. The van der Waals surface area contributed by atoms with Crippen LogP contribution >= 0.6 is 0 Å². The lowest BCUT2D eigenvalue weighted by Crippen LogP contribution is -2.35. The number of amides is 1. The largest absolute Gasteiger partial charge is 0.310 e. The van der Waals surface area contributed by atoms with Gasteiger partial charge in [0, 0.05) is 29.5 Å². The molecule has 2 aromatic rings. The highest BCUT2D eigenvalue weighted by Crippen LogP contribution is 2.33. The number of benzene rings is 1. The molecule has 5 nitrogen and oxygen atoms in total. The lowest BCUT2D eigenvalue weighted by molar-refractivity contribution is -0.108. The van der Waals surface area contributed by atoms with Crippen LogP contribution in [0.3, 0.4) is 0 Å². The lowest BCUT2D eigenvalue weighted by atomic mass is 10.0. The second-order valence-corrected chi connectivity index (χ2v) is 7.53. The van der Waals surface area contributed by atoms with Crippen LogP contribution in [0.1, 0.15) is 61.6 Å². The SMILES string of the molecule is CCC(CC)N(C=O)c1nc(N(CC)c2c(C)cc(C)cc2C)nc(C)c1C. The van der Waals surface area contributed by atoms with Crippen LogP contribution in [-0.2, 0) is 4.79 Å². The second-order valence-electron chi connectivity index (χ2n) is 7.53. The van der Waals surface area contributed by atoms with Crippen molar-refractivity contribution >= 4 is 23.9 Å². The Hall–Kier alpha value is -2.43. The average molecular weight is 383 g/mol. The van der Waals surface area contributed by atoms with Gasteiger partial charge in [0.2, 0.25) is 12.4 Å². The van der Waals surface area contributed by atoms with Crippen molar-refractivity contribution in [1.29, 1.82) is 0 Å². The number of aryl methyl sites for hydroxylation is 4. The molecule has 0 fully saturated rings. The molecular formula is C23H34N4O. The Balaban J connectivity index is 2.66. The van der Waals surface area contributed by atoms with Crippen LogP contribution in [0.2, 0.25) is 0 Å². The Bertz CT molecular complexity index is 820. The first-order chi connectivity index (χ1) is 13.3. The number of hydrogen-bond acceptors (Lipinski definition) is 4. The van der Waals surface area contributed by atoms with Crippen LogP contribution < -0.4 is 9.80 Å². The molecule has 1 aromatic heterocycles. The maximum absolute atomic E-state index is 11.9. The Morgan fingerprint density at radius 1 is 0.964 bits per heavy atom. The van der Waals surface area contributed by atoms with Gasteiger partial charge in [-0.2, -0.15) is 4.98 Å². The van der Waals surface area contributed by atoms with Gasteiger partial charge in [-0.15, -0.1) is 0 Å². The summed E-state index contributed by atoms with van der Waals surface area (Å²) in [4.78, 5) is 25.5. The van der Waals surface area contributed by atoms with E-state index in [4.69, 9.17) is 9.97 Å². The van der Waals surface area contributed by atoms with E-state index in [1.807, 2.05) is 13.8 Å². The summed E-state index contributed by atoms with van der Waals surface area (Å²) in [5.41, 5.74) is 6.65. The van der Waals surface area contributed by atoms with Gasteiger partial charge in [0.15, 0.2) is 0 Å². The van der Waals surface area contributed by atoms with E-state index in [1.165, 1.54) is 16.7 Å². The Labute approximate surface area is 169 Å². The van der Waals surface area contributed by atoms with Gasteiger partial charge in [0.05, 0.1) is 0 Å². The normalized spacial score (nSPS) is 11.0. The Kier molecular flexibility index (Phi) is 7.17. The van der Waals surface area contributed by atoms with Gasteiger partial charge in [-0.3, -0.25) is 9.69 Å². The van der Waals surface area contributed by atoms with Gasteiger partial charge < -0.3 is 4.90 Å². The van der Waals surface area contributed by atoms with Crippen LogP contribution in [0.4, 0.5) is 17.5 Å². The third-order valence-electron chi connectivity index (χ3n) is 5.51. The summed E-state index contributed by atoms with van der Waals surface area (Å²) in [7, 11) is 0. The molecular weight excluding hydrogens is 348 g/mol. The molecule has 0 aliphatic heterocycles. The Morgan fingerprint density at radius 3 is 2.00 bits per heavy atom. The molecule has 0 aliphatic rings. The number of hydrogen-bond donors (Lipinski definition) is 0. The van der Waals surface area contributed by atoms with Crippen molar-refractivity contribution in [2.45, 2.75) is 74.3 Å². The first kappa shape index (κ1) is 21.9. The fraction of sp³-hybridized carbons (Fsp3) is 0.522. The van der Waals surface area contributed by atoms with Crippen molar-refractivity contribution < 1.29 is 4.79 Å². The van der Waals surface area contributed by atoms with Crippen LogP contribution in [0, 0.1) is 34.6 Å². The maximum Gasteiger partial charge on any atom is 0.232 e. The topological polar surface area (TPSA) is 49.3 Å². The van der Waals surface area contributed by atoms with Gasteiger partial charge in [-0.1, -0.05) is 31.5 Å². The average Bonchev–Trinajstić information content (AvgIpc) is 2.65. The molecule has 2 rings (SSSR count). The molecule has 0 saturated heterocycles. The second kappa shape index (κ2) is 9.18. The minimum Gasteiger partial charge on any atom is -0.310 e. The molecule has 1 amide bonds. The number of carbonyl (C=O) groups excluding carboxylic acids is 1. The van der Waals surface area contributed by atoms with Crippen molar-refractivity contribution in [2.75, 3.05) is 16.3 Å². The monoisotopic (exact) mass is 382 g/mol. The van der Waals surface area contributed by atoms with Gasteiger partial charge in [-0.05, 0) is 65.5 Å². The Morgan fingerprint density at radius 2 is 1.54 bits per heavy atom. The highest BCUT2D eigenvalue weighted by atomic mass is 16.1. The van der Waals surface area contributed by atoms with Crippen molar-refractivity contribution in [3.63, 3.8) is 0 Å². The first-order valence-electron chi connectivity index (χ1n) is 10.2. The number of anilines is 3. The van der Waals surface area contributed by atoms with Crippen LogP contribution in [0.5, 0.6) is 0 Å². The van der Waals surface area contributed by atoms with E-state index in [1.54, 1.807) is 4.90 Å². The minimum atomic E-state index is 0.135. The summed E-state index contributed by atoms with van der Waals surface area (Å²) in [6.45, 7) is 17.4. The molecule has 28 heavy (non-hydrogen) atoms. The number of aromatic nitrogens is 2. The highest BCUT2D eigenvalue weighted by molar-refractivity contribution is 5.77. The molecule has 0 N–H and O–H groups in total. The molecule has 0 unspecified atom stereocenters. The third-order valence-corrected chi connectivity index (χ3v) is 5.51. The summed E-state index contributed by atoms with van der Waals surface area (Å²) in [5, 5.41) is 0. The van der Waals surface area contributed by atoms with Crippen molar-refractivity contribution in [2.24, 2.45) is 0 Å². The molecule has 5 heteroatoms. The van der Waals surface area contributed by atoms with E-state index >= 15 is 0 Å². The zero-order chi connectivity index (χ0) is 21.0. The van der Waals surface area contributed by atoms with E-state index in [2.05, 4.69) is 58.6 Å². The van der Waals surface area contributed by atoms with E-state index in [0.717, 1.165) is 42.7 Å². The summed E-state index contributed by atoms with van der Waals surface area (Å²) in [6.07, 6.45) is 2.69. The molecule has 0 aliphatic carbocycles. The van der Waals surface area contributed by atoms with E-state index < -0.39 is 0 Å². The molecule has 1 heterocycles. The predicted octanol–water partition coefficient (Wildman–Crippen LogP) is 5.33. The van der Waals surface area contributed by atoms with Crippen LogP contribution in [0.15, 0.2) is 12.1 Å². The van der Waals surface area contributed by atoms with Crippen molar-refractivity contribution in [3.05, 3.63) is 40.1 Å². The molecule has 0 saturated carbocycles. The first-order valence-corrected chi connectivity index (χ1v) is 10.2. The molecule has 0 radical (unpaired) electrons. The van der Waals surface area contributed by atoms with E-state index in [-0.39, 0.29) is 6.04 Å². The van der Waals surface area contributed by atoms with Crippen molar-refractivity contribution in [3.8, 4) is 0 Å². The van der Waals surface area contributed by atoms with E-state index in [9.17, 15) is 4.79 Å². The summed E-state index contributed by atoms with van der Waals surface area (Å²) in [5.74, 6) is 1.36. The summed E-state index contributed by atoms with van der Waals surface area (Å²) >= 11 is 0. The molecule has 1 aromatic carbocycles. The van der Waals surface area contributed by atoms with Crippen molar-refractivity contribution in [1.82, 2.24) is 9.97 Å². The molecule has 0 bridgehead atoms. The third kappa shape index (κ3) is 4.18. The van der Waals surface area contributed by atoms with Gasteiger partial charge in [0.25, 0.3) is 0 Å². The predicted molar refractivity (Wildman–Crippen MR) is 118 cm³/mol. The van der Waals surface area contributed by atoms with Crippen LogP contribution in [-0.4, -0.2) is 29.0 Å².